The molecule has 21 heavy (non-hydrogen) atoms. The molecule has 0 amide bonds. The summed E-state index contributed by atoms with van der Waals surface area (Å²) in [6, 6.07) is 8.21. The summed E-state index contributed by atoms with van der Waals surface area (Å²) < 4.78 is 10.5. The molecule has 5 nitrogen and oxygen atoms in total. The van der Waals surface area contributed by atoms with E-state index >= 15 is 0 Å². The minimum atomic E-state index is 0.456. The van der Waals surface area contributed by atoms with Gasteiger partial charge in [0.15, 0.2) is 5.96 Å². The smallest absolute Gasteiger partial charge is 0.191 e. The van der Waals surface area contributed by atoms with E-state index in [2.05, 4.69) is 28.9 Å². The first kappa shape index (κ1) is 15.6. The van der Waals surface area contributed by atoms with Gasteiger partial charge < -0.3 is 20.1 Å². The van der Waals surface area contributed by atoms with E-state index in [9.17, 15) is 0 Å². The molecule has 1 unspecified atom stereocenters. The molecule has 2 N–H and O–H groups in total. The van der Waals surface area contributed by atoms with Gasteiger partial charge in [-0.1, -0.05) is 19.1 Å². The lowest BCUT2D eigenvalue weighted by Crippen LogP contribution is -2.44. The lowest BCUT2D eigenvalue weighted by Gasteiger charge is -2.27. The summed E-state index contributed by atoms with van der Waals surface area (Å²) in [5.41, 5.74) is 7.32. The summed E-state index contributed by atoms with van der Waals surface area (Å²) in [6.45, 7) is 6.10. The van der Waals surface area contributed by atoms with Gasteiger partial charge in [0, 0.05) is 19.6 Å². The third-order valence-electron chi connectivity index (χ3n) is 3.86. The van der Waals surface area contributed by atoms with Crippen molar-refractivity contribution in [2.24, 2.45) is 10.7 Å². The van der Waals surface area contributed by atoms with Gasteiger partial charge in [0.05, 0.1) is 20.3 Å². The van der Waals surface area contributed by atoms with Gasteiger partial charge in [-0.05, 0) is 30.0 Å². The molecule has 0 saturated carbocycles. The Morgan fingerprint density at radius 3 is 2.62 bits per heavy atom. The predicted octanol–water partition coefficient (Wildman–Crippen LogP) is 1.84. The number of morpholine rings is 1. The number of hydrogen-bond acceptors (Lipinski definition) is 3. The van der Waals surface area contributed by atoms with Crippen LogP contribution in [-0.2, 0) is 4.74 Å². The summed E-state index contributed by atoms with van der Waals surface area (Å²) in [5, 5.41) is 0. The average molecular weight is 291 g/mol. The fraction of sp³-hybridized carbons (Fsp3) is 0.562. The largest absolute Gasteiger partial charge is 0.497 e. The molecule has 1 atom stereocenters. The topological polar surface area (TPSA) is 60.1 Å². The Hall–Kier alpha value is -1.75. The van der Waals surface area contributed by atoms with Crippen molar-refractivity contribution in [3.05, 3.63) is 29.8 Å². The second-order valence-electron chi connectivity index (χ2n) is 5.30. The van der Waals surface area contributed by atoms with E-state index in [0.717, 1.165) is 45.0 Å². The molecular weight excluding hydrogens is 266 g/mol. The van der Waals surface area contributed by atoms with Crippen molar-refractivity contribution in [2.45, 2.75) is 19.3 Å². The SMILES string of the molecule is COc1ccc(C(C)CCN=C(N)N2CCOCC2)cc1. The van der Waals surface area contributed by atoms with Crippen molar-refractivity contribution < 1.29 is 9.47 Å². The molecule has 1 aliphatic rings. The van der Waals surface area contributed by atoms with Gasteiger partial charge in [0.1, 0.15) is 5.75 Å². The van der Waals surface area contributed by atoms with Crippen molar-refractivity contribution in [1.29, 1.82) is 0 Å². The number of nitrogens with two attached hydrogens (primary N) is 1. The molecule has 2 rings (SSSR count). The molecule has 0 radical (unpaired) electrons. The summed E-state index contributed by atoms with van der Waals surface area (Å²) >= 11 is 0. The average Bonchev–Trinajstić information content (AvgIpc) is 2.55. The van der Waals surface area contributed by atoms with E-state index in [-0.39, 0.29) is 0 Å². The van der Waals surface area contributed by atoms with Crippen molar-refractivity contribution in [2.75, 3.05) is 40.0 Å². The predicted molar refractivity (Wildman–Crippen MR) is 84.9 cm³/mol. The van der Waals surface area contributed by atoms with Crippen LogP contribution < -0.4 is 10.5 Å². The highest BCUT2D eigenvalue weighted by atomic mass is 16.5. The fourth-order valence-corrected chi connectivity index (χ4v) is 2.36. The van der Waals surface area contributed by atoms with Gasteiger partial charge in [0.25, 0.3) is 0 Å². The minimum absolute atomic E-state index is 0.456. The molecule has 1 fully saturated rings. The number of guanidine groups is 1. The normalized spacial score (nSPS) is 17.6. The molecule has 1 saturated heterocycles. The third kappa shape index (κ3) is 4.63. The van der Waals surface area contributed by atoms with E-state index in [0.29, 0.717) is 11.9 Å². The number of rotatable bonds is 5. The maximum atomic E-state index is 6.02. The summed E-state index contributed by atoms with van der Waals surface area (Å²) in [7, 11) is 1.68. The lowest BCUT2D eigenvalue weighted by atomic mass is 9.98. The van der Waals surface area contributed by atoms with E-state index in [1.54, 1.807) is 7.11 Å². The molecule has 1 aromatic carbocycles. The van der Waals surface area contributed by atoms with Gasteiger partial charge in [-0.2, -0.15) is 0 Å². The first-order valence-corrected chi connectivity index (χ1v) is 7.47. The van der Waals surface area contributed by atoms with Gasteiger partial charge in [-0.25, -0.2) is 0 Å². The third-order valence-corrected chi connectivity index (χ3v) is 3.86. The Balaban J connectivity index is 1.80. The van der Waals surface area contributed by atoms with Crippen LogP contribution in [0.15, 0.2) is 29.3 Å². The van der Waals surface area contributed by atoms with Crippen LogP contribution >= 0.6 is 0 Å². The molecule has 0 bridgehead atoms. The zero-order valence-electron chi connectivity index (χ0n) is 12.9. The lowest BCUT2D eigenvalue weighted by molar-refractivity contribution is 0.0674. The summed E-state index contributed by atoms with van der Waals surface area (Å²) in [6.07, 6.45) is 0.984. The first-order valence-electron chi connectivity index (χ1n) is 7.47. The Bertz CT molecular complexity index is 453. The zero-order valence-corrected chi connectivity index (χ0v) is 12.9. The van der Waals surface area contributed by atoms with Gasteiger partial charge in [-0.3, -0.25) is 4.99 Å². The summed E-state index contributed by atoms with van der Waals surface area (Å²) in [4.78, 5) is 6.57. The molecule has 0 spiro atoms. The van der Waals surface area contributed by atoms with Crippen molar-refractivity contribution in [3.8, 4) is 5.75 Å². The van der Waals surface area contributed by atoms with Gasteiger partial charge >= 0.3 is 0 Å². The number of benzene rings is 1. The van der Waals surface area contributed by atoms with Crippen LogP contribution in [0.5, 0.6) is 5.75 Å². The first-order chi connectivity index (χ1) is 10.2. The quantitative estimate of drug-likeness (QED) is 0.664. The van der Waals surface area contributed by atoms with E-state index in [1.165, 1.54) is 5.56 Å². The zero-order chi connectivity index (χ0) is 15.1. The Labute approximate surface area is 126 Å². The number of nitrogens with zero attached hydrogens (tertiary/aromatic N) is 2. The maximum Gasteiger partial charge on any atom is 0.191 e. The van der Waals surface area contributed by atoms with Crippen LogP contribution in [0.2, 0.25) is 0 Å². The van der Waals surface area contributed by atoms with Crippen LogP contribution in [0.3, 0.4) is 0 Å². The van der Waals surface area contributed by atoms with E-state index in [1.807, 2.05) is 12.1 Å². The fourth-order valence-electron chi connectivity index (χ4n) is 2.36. The monoisotopic (exact) mass is 291 g/mol. The van der Waals surface area contributed by atoms with E-state index < -0.39 is 0 Å². The van der Waals surface area contributed by atoms with Crippen LogP contribution in [0, 0.1) is 0 Å². The maximum absolute atomic E-state index is 6.02. The molecule has 5 heteroatoms. The van der Waals surface area contributed by atoms with Crippen LogP contribution in [-0.4, -0.2) is 50.8 Å². The van der Waals surface area contributed by atoms with Gasteiger partial charge in [0.2, 0.25) is 0 Å². The second kappa shape index (κ2) is 7.88. The van der Waals surface area contributed by atoms with E-state index in [4.69, 9.17) is 15.2 Å². The Morgan fingerprint density at radius 1 is 1.33 bits per heavy atom. The number of aliphatic imine (C=N–C) groups is 1. The Kier molecular flexibility index (Phi) is 5.87. The standard InChI is InChI=1S/C16H25N3O2/c1-13(14-3-5-15(20-2)6-4-14)7-8-18-16(17)19-9-11-21-12-10-19/h3-6,13H,7-12H2,1-2H3,(H2,17,18). The van der Waals surface area contributed by atoms with Crippen LogP contribution in [0.25, 0.3) is 0 Å². The minimum Gasteiger partial charge on any atom is -0.497 e. The van der Waals surface area contributed by atoms with Crippen LogP contribution in [0.4, 0.5) is 0 Å². The van der Waals surface area contributed by atoms with Gasteiger partial charge in [-0.15, -0.1) is 0 Å². The molecule has 116 valence electrons. The highest BCUT2D eigenvalue weighted by molar-refractivity contribution is 5.78. The number of ether oxygens (including phenoxy) is 2. The van der Waals surface area contributed by atoms with Crippen LogP contribution in [0.1, 0.15) is 24.8 Å². The highest BCUT2D eigenvalue weighted by Crippen LogP contribution is 2.21. The Morgan fingerprint density at radius 2 is 2.00 bits per heavy atom. The molecular formula is C16H25N3O2. The number of methoxy groups -OCH3 is 1. The molecule has 0 aromatic heterocycles. The molecule has 1 heterocycles. The molecule has 0 aliphatic carbocycles. The van der Waals surface area contributed by atoms with Crippen molar-refractivity contribution in [1.82, 2.24) is 4.90 Å². The van der Waals surface area contributed by atoms with Crippen molar-refractivity contribution in [3.63, 3.8) is 0 Å². The summed E-state index contributed by atoms with van der Waals surface area (Å²) in [5.74, 6) is 1.98. The number of hydrogen-bond donors (Lipinski definition) is 1. The second-order valence-corrected chi connectivity index (χ2v) is 5.30. The molecule has 1 aliphatic heterocycles. The van der Waals surface area contributed by atoms with Crippen molar-refractivity contribution >= 4 is 5.96 Å². The molecule has 1 aromatic rings. The highest BCUT2D eigenvalue weighted by Gasteiger charge is 2.12.